The van der Waals surface area contributed by atoms with Crippen molar-refractivity contribution in [3.8, 4) is 0 Å². The first kappa shape index (κ1) is 18.1. The molecule has 1 atom stereocenters. The lowest BCUT2D eigenvalue weighted by atomic mass is 9.87. The lowest BCUT2D eigenvalue weighted by Gasteiger charge is -2.34. The highest BCUT2D eigenvalue weighted by Gasteiger charge is 2.28. The molecular formula is C19H32N2O2. The van der Waals surface area contributed by atoms with Crippen LogP contribution in [-0.4, -0.2) is 39.7 Å². The van der Waals surface area contributed by atoms with Gasteiger partial charge in [0.05, 0.1) is 11.7 Å². The van der Waals surface area contributed by atoms with Gasteiger partial charge in [-0.3, -0.25) is 4.79 Å². The van der Waals surface area contributed by atoms with Crippen LogP contribution in [-0.2, 0) is 5.54 Å². The Labute approximate surface area is 140 Å². The Bertz CT molecular complexity index is 520. The van der Waals surface area contributed by atoms with E-state index in [-0.39, 0.29) is 17.6 Å². The molecule has 4 heteroatoms. The average molecular weight is 320 g/mol. The van der Waals surface area contributed by atoms with Gasteiger partial charge in [0.1, 0.15) is 0 Å². The molecule has 0 bridgehead atoms. The number of nitrogens with zero attached hydrogens (tertiary/aromatic N) is 2. The zero-order valence-corrected chi connectivity index (χ0v) is 15.2. The van der Waals surface area contributed by atoms with E-state index in [1.54, 1.807) is 0 Å². The number of carbonyl (C=O) groups excluding carboxylic acids is 1. The first-order valence-electron chi connectivity index (χ1n) is 8.84. The molecule has 0 unspecified atom stereocenters. The van der Waals surface area contributed by atoms with Crippen LogP contribution in [0.1, 0.15) is 64.2 Å². The highest BCUT2D eigenvalue weighted by Crippen LogP contribution is 2.26. The molecule has 0 aromatic carbocycles. The van der Waals surface area contributed by atoms with Crippen LogP contribution in [0.3, 0.4) is 0 Å². The van der Waals surface area contributed by atoms with Crippen LogP contribution in [0.4, 0.5) is 0 Å². The summed E-state index contributed by atoms with van der Waals surface area (Å²) in [5.74, 6) is 0.965. The van der Waals surface area contributed by atoms with Gasteiger partial charge >= 0.3 is 0 Å². The van der Waals surface area contributed by atoms with E-state index in [1.807, 2.05) is 23.4 Å². The van der Waals surface area contributed by atoms with Crippen molar-refractivity contribution in [3.05, 3.63) is 24.0 Å². The zero-order chi connectivity index (χ0) is 17.2. The van der Waals surface area contributed by atoms with Crippen LogP contribution in [0.2, 0.25) is 0 Å². The fraction of sp³-hybridized carbons (Fsp3) is 0.737. The summed E-state index contributed by atoms with van der Waals surface area (Å²) in [7, 11) is 0. The second-order valence-electron chi connectivity index (χ2n) is 8.30. The molecule has 0 radical (unpaired) electrons. The Kier molecular flexibility index (Phi) is 5.56. The Balaban J connectivity index is 1.92. The minimum atomic E-state index is -0.228. The first-order valence-corrected chi connectivity index (χ1v) is 8.84. The van der Waals surface area contributed by atoms with Crippen LogP contribution in [0, 0.1) is 11.8 Å². The van der Waals surface area contributed by atoms with Gasteiger partial charge < -0.3 is 14.6 Å². The molecule has 0 saturated carbocycles. The summed E-state index contributed by atoms with van der Waals surface area (Å²) in [5.41, 5.74) is 0.757. The van der Waals surface area contributed by atoms with E-state index in [0.717, 1.165) is 37.9 Å². The smallest absolute Gasteiger partial charge is 0.255 e. The predicted octanol–water partition coefficient (Wildman–Crippen LogP) is 3.50. The number of amides is 1. The number of hydrogen-bond donors (Lipinski definition) is 1. The summed E-state index contributed by atoms with van der Waals surface area (Å²) in [6.07, 6.45) is 6.36. The lowest BCUT2D eigenvalue weighted by Crippen LogP contribution is -2.41. The first-order chi connectivity index (χ1) is 10.7. The molecule has 1 aliphatic rings. The van der Waals surface area contributed by atoms with Crippen molar-refractivity contribution in [3.63, 3.8) is 0 Å². The standard InChI is InChI=1S/C19H32N2O2/c1-14(2)12-17(22)15-6-9-20(10-7-15)18(23)16-8-11-21(13-16)19(3,4)5/h8,11,13-15,17,22H,6-7,9-10,12H2,1-5H3/t17-/m1/s1. The number of likely N-dealkylation sites (tertiary alicyclic amines) is 1. The van der Waals surface area contributed by atoms with Crippen molar-refractivity contribution in [1.82, 2.24) is 9.47 Å². The number of carbonyl (C=O) groups is 1. The third kappa shape index (κ3) is 4.60. The van der Waals surface area contributed by atoms with E-state index in [1.165, 1.54) is 0 Å². The second kappa shape index (κ2) is 7.08. The largest absolute Gasteiger partial charge is 0.393 e. The minimum Gasteiger partial charge on any atom is -0.393 e. The summed E-state index contributed by atoms with van der Waals surface area (Å²) < 4.78 is 2.08. The maximum absolute atomic E-state index is 12.6. The van der Waals surface area contributed by atoms with Gasteiger partial charge in [0.25, 0.3) is 5.91 Å². The molecule has 1 saturated heterocycles. The van der Waals surface area contributed by atoms with Crippen molar-refractivity contribution in [2.45, 2.75) is 65.5 Å². The van der Waals surface area contributed by atoms with Crippen LogP contribution < -0.4 is 0 Å². The van der Waals surface area contributed by atoms with Crippen molar-refractivity contribution < 1.29 is 9.90 Å². The van der Waals surface area contributed by atoms with Crippen molar-refractivity contribution >= 4 is 5.91 Å². The summed E-state index contributed by atoms with van der Waals surface area (Å²) in [6, 6.07) is 1.91. The van der Waals surface area contributed by atoms with Crippen LogP contribution in [0.25, 0.3) is 0 Å². The lowest BCUT2D eigenvalue weighted by molar-refractivity contribution is 0.0385. The molecule has 1 amide bonds. The summed E-state index contributed by atoms with van der Waals surface area (Å²) in [5, 5.41) is 10.3. The van der Waals surface area contributed by atoms with E-state index >= 15 is 0 Å². The van der Waals surface area contributed by atoms with E-state index in [9.17, 15) is 9.90 Å². The van der Waals surface area contributed by atoms with Crippen molar-refractivity contribution in [1.29, 1.82) is 0 Å². The molecular weight excluding hydrogens is 288 g/mol. The molecule has 4 nitrogen and oxygen atoms in total. The molecule has 23 heavy (non-hydrogen) atoms. The number of aliphatic hydroxyl groups excluding tert-OH is 1. The molecule has 1 aromatic rings. The average Bonchev–Trinajstić information content (AvgIpc) is 2.96. The van der Waals surface area contributed by atoms with Crippen molar-refractivity contribution in [2.24, 2.45) is 11.8 Å². The number of hydrogen-bond acceptors (Lipinski definition) is 2. The molecule has 2 heterocycles. The Morgan fingerprint density at radius 2 is 1.91 bits per heavy atom. The highest BCUT2D eigenvalue weighted by molar-refractivity contribution is 5.94. The van der Waals surface area contributed by atoms with Gasteiger partial charge in [-0.1, -0.05) is 13.8 Å². The summed E-state index contributed by atoms with van der Waals surface area (Å²) >= 11 is 0. The number of piperidine rings is 1. The van der Waals surface area contributed by atoms with Gasteiger partial charge in [0, 0.05) is 31.0 Å². The fourth-order valence-corrected chi connectivity index (χ4v) is 3.29. The molecule has 1 aromatic heterocycles. The summed E-state index contributed by atoms with van der Waals surface area (Å²) in [4.78, 5) is 14.6. The van der Waals surface area contributed by atoms with E-state index in [4.69, 9.17) is 0 Å². The third-order valence-corrected chi connectivity index (χ3v) is 4.80. The molecule has 0 aliphatic carbocycles. The quantitative estimate of drug-likeness (QED) is 0.923. The van der Waals surface area contributed by atoms with Gasteiger partial charge in [-0.2, -0.15) is 0 Å². The number of rotatable bonds is 4. The normalized spacial score (nSPS) is 18.5. The topological polar surface area (TPSA) is 45.5 Å². The minimum absolute atomic E-state index is 0.00746. The predicted molar refractivity (Wildman–Crippen MR) is 93.5 cm³/mol. The highest BCUT2D eigenvalue weighted by atomic mass is 16.3. The maximum atomic E-state index is 12.6. The van der Waals surface area contributed by atoms with Gasteiger partial charge in [-0.05, 0) is 57.9 Å². The second-order valence-corrected chi connectivity index (χ2v) is 8.30. The molecule has 2 rings (SSSR count). The molecule has 130 valence electrons. The Morgan fingerprint density at radius 3 is 2.39 bits per heavy atom. The van der Waals surface area contributed by atoms with Gasteiger partial charge in [-0.25, -0.2) is 0 Å². The van der Waals surface area contributed by atoms with Crippen LogP contribution in [0.5, 0.6) is 0 Å². The SMILES string of the molecule is CC(C)C[C@@H](O)C1CCN(C(=O)c2ccn(C(C)(C)C)c2)CC1. The van der Waals surface area contributed by atoms with Crippen LogP contribution >= 0.6 is 0 Å². The maximum Gasteiger partial charge on any atom is 0.255 e. The third-order valence-electron chi connectivity index (χ3n) is 4.80. The Morgan fingerprint density at radius 1 is 1.30 bits per heavy atom. The zero-order valence-electron chi connectivity index (χ0n) is 15.2. The molecule has 1 aliphatic heterocycles. The molecule has 1 N–H and O–H groups in total. The Hall–Kier alpha value is -1.29. The van der Waals surface area contributed by atoms with Gasteiger partial charge in [0.2, 0.25) is 0 Å². The summed E-state index contributed by atoms with van der Waals surface area (Å²) in [6.45, 7) is 12.2. The fourth-order valence-electron chi connectivity index (χ4n) is 3.29. The number of aromatic nitrogens is 1. The van der Waals surface area contributed by atoms with Crippen LogP contribution in [0.15, 0.2) is 18.5 Å². The van der Waals surface area contributed by atoms with E-state index < -0.39 is 0 Å². The van der Waals surface area contributed by atoms with Gasteiger partial charge in [-0.15, -0.1) is 0 Å². The van der Waals surface area contributed by atoms with E-state index in [0.29, 0.717) is 11.8 Å². The molecule has 0 spiro atoms. The van der Waals surface area contributed by atoms with Crippen molar-refractivity contribution in [2.75, 3.05) is 13.1 Å². The van der Waals surface area contributed by atoms with E-state index in [2.05, 4.69) is 39.2 Å². The monoisotopic (exact) mass is 320 g/mol. The van der Waals surface area contributed by atoms with Gasteiger partial charge in [0.15, 0.2) is 0 Å². The number of aliphatic hydroxyl groups is 1. The molecule has 1 fully saturated rings.